The van der Waals surface area contributed by atoms with E-state index in [1.165, 1.54) is 57.1 Å². The number of sulfonamides is 2. The minimum Gasteiger partial charge on any atom is -0.322 e. The summed E-state index contributed by atoms with van der Waals surface area (Å²) in [5, 5.41) is 5.55. The number of piperidine rings is 2. The molecule has 0 aromatic heterocycles. The Morgan fingerprint density at radius 2 is 0.909 bits per heavy atom. The quantitative estimate of drug-likeness (QED) is 0.343. The van der Waals surface area contributed by atoms with Crippen molar-refractivity contribution in [3.8, 4) is 0 Å². The molecule has 0 spiro atoms. The van der Waals surface area contributed by atoms with Gasteiger partial charge in [-0.15, -0.1) is 0 Å². The first-order valence-electron chi connectivity index (χ1n) is 14.9. The van der Waals surface area contributed by atoms with Crippen LogP contribution in [0.15, 0.2) is 82.6 Å². The topological polar surface area (TPSA) is 133 Å². The molecule has 0 radical (unpaired) electrons. The maximum atomic E-state index is 13.1. The van der Waals surface area contributed by atoms with Crippen molar-refractivity contribution in [2.24, 2.45) is 0 Å². The largest absolute Gasteiger partial charge is 0.322 e. The lowest BCUT2D eigenvalue weighted by Gasteiger charge is -2.32. The van der Waals surface area contributed by atoms with Crippen LogP contribution in [0.2, 0.25) is 0 Å². The molecule has 3 aromatic carbocycles. The summed E-state index contributed by atoms with van der Waals surface area (Å²) >= 11 is 0. The standard InChI is InChI=1S/C32H38N4O6S2/c1-23-7-3-5-21-35(23)43(39,40)29-17-9-25(10-18-29)31(37)33-27-13-15-28(16-14-27)34-32(38)26-11-19-30(20-12-26)44(41,42)36-22-6-4-8-24(36)2/h9-20,23-24H,3-8,21-22H2,1-2H3,(H,33,37)(H,34,38). The zero-order valence-corrected chi connectivity index (χ0v) is 26.5. The summed E-state index contributed by atoms with van der Waals surface area (Å²) in [5.74, 6) is -0.794. The zero-order chi connectivity index (χ0) is 31.5. The number of hydrogen-bond donors (Lipinski definition) is 2. The van der Waals surface area contributed by atoms with Gasteiger partial charge in [-0.25, -0.2) is 16.8 Å². The monoisotopic (exact) mass is 638 g/mol. The van der Waals surface area contributed by atoms with Gasteiger partial charge in [0.1, 0.15) is 0 Å². The summed E-state index contributed by atoms with van der Waals surface area (Å²) in [7, 11) is -7.25. The average molecular weight is 639 g/mol. The van der Waals surface area contributed by atoms with Crippen molar-refractivity contribution in [2.75, 3.05) is 23.7 Å². The molecule has 0 saturated carbocycles. The summed E-state index contributed by atoms with van der Waals surface area (Å²) in [5.41, 5.74) is 1.61. The molecule has 2 saturated heterocycles. The first-order chi connectivity index (χ1) is 21.0. The Balaban J connectivity index is 1.17. The van der Waals surface area contributed by atoms with E-state index in [0.29, 0.717) is 35.6 Å². The van der Waals surface area contributed by atoms with Gasteiger partial charge >= 0.3 is 0 Å². The van der Waals surface area contributed by atoms with Crippen LogP contribution in [0.1, 0.15) is 73.1 Å². The predicted octanol–water partition coefficient (Wildman–Crippen LogP) is 5.32. The SMILES string of the molecule is CC1CCCCN1S(=O)(=O)c1ccc(C(=O)Nc2ccc(NC(=O)c3ccc(S(=O)(=O)N4CCCCC4C)cc3)cc2)cc1. The Hall–Kier alpha value is -3.58. The summed E-state index contributed by atoms with van der Waals surface area (Å²) in [4.78, 5) is 25.9. The van der Waals surface area contributed by atoms with Gasteiger partial charge in [-0.3, -0.25) is 9.59 Å². The molecule has 2 N–H and O–H groups in total. The van der Waals surface area contributed by atoms with Gasteiger partial charge in [0.15, 0.2) is 0 Å². The second kappa shape index (κ2) is 13.2. The van der Waals surface area contributed by atoms with Crippen LogP contribution in [-0.2, 0) is 20.0 Å². The Bertz CT molecular complexity index is 1580. The van der Waals surface area contributed by atoms with Crippen LogP contribution >= 0.6 is 0 Å². The van der Waals surface area contributed by atoms with E-state index in [0.717, 1.165) is 38.5 Å². The average Bonchev–Trinajstić information content (AvgIpc) is 3.02. The van der Waals surface area contributed by atoms with Crippen molar-refractivity contribution in [3.05, 3.63) is 83.9 Å². The molecule has 12 heteroatoms. The van der Waals surface area contributed by atoms with Gasteiger partial charge in [-0.05, 0) is 112 Å². The first kappa shape index (κ1) is 31.8. The predicted molar refractivity (Wildman–Crippen MR) is 170 cm³/mol. The smallest absolute Gasteiger partial charge is 0.255 e. The number of carbonyl (C=O) groups is 2. The van der Waals surface area contributed by atoms with Crippen molar-refractivity contribution in [3.63, 3.8) is 0 Å². The van der Waals surface area contributed by atoms with Gasteiger partial charge in [-0.1, -0.05) is 12.8 Å². The Morgan fingerprint density at radius 1 is 0.568 bits per heavy atom. The number of anilines is 2. The second-order valence-corrected chi connectivity index (χ2v) is 15.2. The summed E-state index contributed by atoms with van der Waals surface area (Å²) in [6.07, 6.45) is 5.37. The van der Waals surface area contributed by atoms with Crippen LogP contribution in [0.25, 0.3) is 0 Å². The van der Waals surface area contributed by atoms with E-state index >= 15 is 0 Å². The summed E-state index contributed by atoms with van der Waals surface area (Å²) in [6, 6.07) is 18.3. The number of carbonyl (C=O) groups excluding carboxylic acids is 2. The summed E-state index contributed by atoms with van der Waals surface area (Å²) < 4.78 is 55.3. The molecule has 5 rings (SSSR count). The van der Waals surface area contributed by atoms with E-state index < -0.39 is 31.9 Å². The first-order valence-corrected chi connectivity index (χ1v) is 17.8. The molecule has 2 atom stereocenters. The minimum atomic E-state index is -3.62. The van der Waals surface area contributed by atoms with Gasteiger partial charge in [0.05, 0.1) is 9.79 Å². The fraction of sp³-hybridized carbons (Fsp3) is 0.375. The van der Waals surface area contributed by atoms with E-state index in [1.807, 2.05) is 13.8 Å². The molecule has 3 aromatic rings. The number of hydrogen-bond acceptors (Lipinski definition) is 6. The molecule has 2 amide bonds. The lowest BCUT2D eigenvalue weighted by molar-refractivity contribution is 0.101. The maximum absolute atomic E-state index is 13.1. The Morgan fingerprint density at radius 3 is 1.23 bits per heavy atom. The van der Waals surface area contributed by atoms with Crippen molar-refractivity contribution < 1.29 is 26.4 Å². The minimum absolute atomic E-state index is 0.0535. The summed E-state index contributed by atoms with van der Waals surface area (Å²) in [6.45, 7) is 4.82. The number of amides is 2. The molecule has 44 heavy (non-hydrogen) atoms. The third-order valence-corrected chi connectivity index (χ3v) is 12.4. The number of benzene rings is 3. The molecule has 0 bridgehead atoms. The van der Waals surface area contributed by atoms with Gasteiger partial charge < -0.3 is 10.6 Å². The lowest BCUT2D eigenvalue weighted by atomic mass is 10.1. The highest BCUT2D eigenvalue weighted by Crippen LogP contribution is 2.27. The zero-order valence-electron chi connectivity index (χ0n) is 24.9. The highest BCUT2D eigenvalue weighted by molar-refractivity contribution is 7.89. The van der Waals surface area contributed by atoms with Gasteiger partial charge in [0.25, 0.3) is 11.8 Å². The highest BCUT2D eigenvalue weighted by Gasteiger charge is 2.32. The van der Waals surface area contributed by atoms with Crippen LogP contribution in [-0.4, -0.2) is 62.4 Å². The van der Waals surface area contributed by atoms with Crippen LogP contribution in [0.3, 0.4) is 0 Å². The van der Waals surface area contributed by atoms with Crippen molar-refractivity contribution in [2.45, 2.75) is 74.2 Å². The highest BCUT2D eigenvalue weighted by atomic mass is 32.2. The van der Waals surface area contributed by atoms with Crippen LogP contribution in [0, 0.1) is 0 Å². The fourth-order valence-electron chi connectivity index (χ4n) is 5.73. The molecule has 2 unspecified atom stereocenters. The molecule has 0 aliphatic carbocycles. The molecule has 2 heterocycles. The molecule has 2 aliphatic rings. The van der Waals surface area contributed by atoms with E-state index in [-0.39, 0.29) is 21.9 Å². The normalized spacial score (nSPS) is 20.1. The number of nitrogens with zero attached hydrogens (tertiary/aromatic N) is 2. The molecule has 234 valence electrons. The van der Waals surface area contributed by atoms with Gasteiger partial charge in [0, 0.05) is 47.7 Å². The number of rotatable bonds is 8. The van der Waals surface area contributed by atoms with E-state index in [9.17, 15) is 26.4 Å². The van der Waals surface area contributed by atoms with E-state index in [1.54, 1.807) is 24.3 Å². The van der Waals surface area contributed by atoms with Crippen LogP contribution in [0.4, 0.5) is 11.4 Å². The molecule has 2 fully saturated rings. The van der Waals surface area contributed by atoms with Crippen LogP contribution in [0.5, 0.6) is 0 Å². The van der Waals surface area contributed by atoms with Crippen LogP contribution < -0.4 is 10.6 Å². The number of nitrogens with one attached hydrogen (secondary N) is 2. The van der Waals surface area contributed by atoms with Gasteiger partial charge in [0.2, 0.25) is 20.0 Å². The Kier molecular flexibility index (Phi) is 9.54. The maximum Gasteiger partial charge on any atom is 0.255 e. The van der Waals surface area contributed by atoms with Crippen molar-refractivity contribution in [1.82, 2.24) is 8.61 Å². The Labute approximate surface area is 259 Å². The second-order valence-electron chi connectivity index (χ2n) is 11.5. The third-order valence-electron chi connectivity index (χ3n) is 8.33. The fourth-order valence-corrected chi connectivity index (χ4v) is 9.13. The lowest BCUT2D eigenvalue weighted by Crippen LogP contribution is -2.41. The molecular formula is C32H38N4O6S2. The van der Waals surface area contributed by atoms with E-state index in [2.05, 4.69) is 10.6 Å². The molecule has 10 nitrogen and oxygen atoms in total. The molecular weight excluding hydrogens is 601 g/mol. The van der Waals surface area contributed by atoms with Crippen molar-refractivity contribution in [1.29, 1.82) is 0 Å². The third kappa shape index (κ3) is 6.88. The van der Waals surface area contributed by atoms with Crippen molar-refractivity contribution >= 4 is 43.2 Å². The van der Waals surface area contributed by atoms with E-state index in [4.69, 9.17) is 0 Å². The molecule has 2 aliphatic heterocycles. The van der Waals surface area contributed by atoms with Gasteiger partial charge in [-0.2, -0.15) is 8.61 Å².